The Balaban J connectivity index is 1.96. The molecule has 0 amide bonds. The van der Waals surface area contributed by atoms with Crippen molar-refractivity contribution in [1.82, 2.24) is 10.2 Å². The highest BCUT2D eigenvalue weighted by molar-refractivity contribution is 5.98. The second-order valence-corrected chi connectivity index (χ2v) is 5.75. The minimum Gasteiger partial charge on any atom is -0.308 e. The molecule has 2 aromatic carbocycles. The van der Waals surface area contributed by atoms with Crippen LogP contribution in [0.4, 0.5) is 5.69 Å². The molecule has 1 N–H and O–H groups in total. The van der Waals surface area contributed by atoms with Gasteiger partial charge in [-0.3, -0.25) is 14.9 Å². The Bertz CT molecular complexity index is 702. The molecule has 0 saturated carbocycles. The Morgan fingerprint density at radius 1 is 1.17 bits per heavy atom. The first-order valence-electron chi connectivity index (χ1n) is 7.69. The van der Waals surface area contributed by atoms with E-state index in [0.717, 1.165) is 5.56 Å². The zero-order chi connectivity index (χ0) is 17.5. The highest BCUT2D eigenvalue weighted by Gasteiger charge is 2.15. The number of nitro groups is 1. The number of nitrogens with zero attached hydrogens (tertiary/aromatic N) is 2. The van der Waals surface area contributed by atoms with Gasteiger partial charge in [0, 0.05) is 30.3 Å². The van der Waals surface area contributed by atoms with Crippen LogP contribution < -0.4 is 5.32 Å². The Labute approximate surface area is 141 Å². The largest absolute Gasteiger partial charge is 0.308 e. The molecule has 1 unspecified atom stereocenters. The third kappa shape index (κ3) is 4.71. The summed E-state index contributed by atoms with van der Waals surface area (Å²) in [6, 6.07) is 16.0. The molecule has 2 aromatic rings. The smallest absolute Gasteiger partial charge is 0.270 e. The molecule has 6 heteroatoms. The maximum absolute atomic E-state index is 12.2. The van der Waals surface area contributed by atoms with Crippen LogP contribution in [0.15, 0.2) is 54.6 Å². The lowest BCUT2D eigenvalue weighted by atomic mass is 10.1. The van der Waals surface area contributed by atoms with Crippen LogP contribution >= 0.6 is 0 Å². The predicted octanol–water partition coefficient (Wildman–Crippen LogP) is 2.67. The summed E-state index contributed by atoms with van der Waals surface area (Å²) in [6.07, 6.45) is 0. The molecule has 0 aliphatic rings. The second-order valence-electron chi connectivity index (χ2n) is 5.75. The van der Waals surface area contributed by atoms with Crippen molar-refractivity contribution in [3.63, 3.8) is 0 Å². The molecule has 0 heterocycles. The van der Waals surface area contributed by atoms with E-state index in [2.05, 4.69) is 22.3 Å². The molecule has 24 heavy (non-hydrogen) atoms. The maximum Gasteiger partial charge on any atom is 0.270 e. The number of likely N-dealkylation sites (N-methyl/N-ethyl adjacent to an activating group) is 1. The quantitative estimate of drug-likeness (QED) is 0.458. The number of rotatable bonds is 8. The molecule has 126 valence electrons. The van der Waals surface area contributed by atoms with Crippen LogP contribution in [0, 0.1) is 10.1 Å². The van der Waals surface area contributed by atoms with Gasteiger partial charge in [0.05, 0.1) is 11.5 Å². The first kappa shape index (κ1) is 17.8. The van der Waals surface area contributed by atoms with E-state index in [1.165, 1.54) is 18.2 Å². The van der Waals surface area contributed by atoms with Crippen LogP contribution in [-0.2, 0) is 0 Å². The standard InChI is InChI=1S/C18H21N3O3/c1-20(2)17(14-7-4-3-5-8-14)12-19-13-18(22)15-9-6-10-16(11-15)21(23)24/h3-11,17,19H,12-13H2,1-2H3. The van der Waals surface area contributed by atoms with Crippen LogP contribution in [0.3, 0.4) is 0 Å². The maximum atomic E-state index is 12.2. The van der Waals surface area contributed by atoms with Crippen LogP contribution in [0.25, 0.3) is 0 Å². The van der Waals surface area contributed by atoms with E-state index in [0.29, 0.717) is 12.1 Å². The van der Waals surface area contributed by atoms with E-state index in [9.17, 15) is 14.9 Å². The first-order chi connectivity index (χ1) is 11.5. The Morgan fingerprint density at radius 3 is 2.50 bits per heavy atom. The number of non-ortho nitro benzene ring substituents is 1. The molecule has 0 spiro atoms. The zero-order valence-corrected chi connectivity index (χ0v) is 13.8. The molecule has 0 aromatic heterocycles. The topological polar surface area (TPSA) is 75.5 Å². The highest BCUT2D eigenvalue weighted by Crippen LogP contribution is 2.17. The zero-order valence-electron chi connectivity index (χ0n) is 13.8. The van der Waals surface area contributed by atoms with Crippen molar-refractivity contribution in [2.24, 2.45) is 0 Å². The molecule has 0 fully saturated rings. The Hall–Kier alpha value is -2.57. The second kappa shape index (κ2) is 8.33. The van der Waals surface area contributed by atoms with Gasteiger partial charge in [0.2, 0.25) is 0 Å². The molecule has 0 radical (unpaired) electrons. The Morgan fingerprint density at radius 2 is 1.88 bits per heavy atom. The molecule has 0 bridgehead atoms. The van der Waals surface area contributed by atoms with E-state index in [1.807, 2.05) is 32.3 Å². The van der Waals surface area contributed by atoms with Crippen molar-refractivity contribution < 1.29 is 9.72 Å². The lowest BCUT2D eigenvalue weighted by molar-refractivity contribution is -0.384. The summed E-state index contributed by atoms with van der Waals surface area (Å²) in [4.78, 5) is 24.6. The van der Waals surface area contributed by atoms with Crippen LogP contribution in [0.1, 0.15) is 22.0 Å². The minimum absolute atomic E-state index is 0.0729. The van der Waals surface area contributed by atoms with Crippen molar-refractivity contribution in [3.05, 3.63) is 75.8 Å². The van der Waals surface area contributed by atoms with Gasteiger partial charge >= 0.3 is 0 Å². The molecule has 0 saturated heterocycles. The van der Waals surface area contributed by atoms with Gasteiger partial charge in [0.25, 0.3) is 5.69 Å². The van der Waals surface area contributed by atoms with Gasteiger partial charge in [-0.1, -0.05) is 42.5 Å². The average Bonchev–Trinajstić information content (AvgIpc) is 2.59. The number of hydrogen-bond donors (Lipinski definition) is 1. The first-order valence-corrected chi connectivity index (χ1v) is 7.69. The van der Waals surface area contributed by atoms with E-state index in [-0.39, 0.29) is 24.1 Å². The van der Waals surface area contributed by atoms with Crippen LogP contribution in [0.5, 0.6) is 0 Å². The van der Waals surface area contributed by atoms with Gasteiger partial charge in [-0.25, -0.2) is 0 Å². The summed E-state index contributed by atoms with van der Waals surface area (Å²) in [6.45, 7) is 0.746. The van der Waals surface area contributed by atoms with Crippen molar-refractivity contribution in [2.45, 2.75) is 6.04 Å². The third-order valence-electron chi connectivity index (χ3n) is 3.81. The minimum atomic E-state index is -0.498. The number of hydrogen-bond acceptors (Lipinski definition) is 5. The molecular formula is C18H21N3O3. The number of carbonyl (C=O) groups is 1. The van der Waals surface area contributed by atoms with Crippen LogP contribution in [-0.4, -0.2) is 42.8 Å². The summed E-state index contributed by atoms with van der Waals surface area (Å²) in [5.74, 6) is -0.163. The van der Waals surface area contributed by atoms with Crippen LogP contribution in [0.2, 0.25) is 0 Å². The fraction of sp³-hybridized carbons (Fsp3) is 0.278. The number of nitro benzene ring substituents is 1. The third-order valence-corrected chi connectivity index (χ3v) is 3.81. The van der Waals surface area contributed by atoms with E-state index < -0.39 is 4.92 Å². The normalized spacial score (nSPS) is 12.1. The molecule has 0 aliphatic heterocycles. The summed E-state index contributed by atoms with van der Waals surface area (Å²) < 4.78 is 0. The van der Waals surface area contributed by atoms with Gasteiger partial charge in [-0.05, 0) is 19.7 Å². The van der Waals surface area contributed by atoms with Gasteiger partial charge in [-0.15, -0.1) is 0 Å². The monoisotopic (exact) mass is 327 g/mol. The van der Waals surface area contributed by atoms with Gasteiger partial charge in [0.1, 0.15) is 0 Å². The number of nitrogens with one attached hydrogen (secondary N) is 1. The van der Waals surface area contributed by atoms with Gasteiger partial charge in [-0.2, -0.15) is 0 Å². The summed E-state index contributed by atoms with van der Waals surface area (Å²) in [5.41, 5.74) is 1.44. The number of Topliss-reactive ketones (excluding diaryl/α,β-unsaturated/α-hetero) is 1. The Kier molecular flexibility index (Phi) is 6.17. The molecule has 6 nitrogen and oxygen atoms in total. The molecule has 0 aliphatic carbocycles. The van der Waals surface area contributed by atoms with Crippen molar-refractivity contribution >= 4 is 11.5 Å². The average molecular weight is 327 g/mol. The van der Waals surface area contributed by atoms with Crippen molar-refractivity contribution in [1.29, 1.82) is 0 Å². The van der Waals surface area contributed by atoms with Crippen molar-refractivity contribution in [3.8, 4) is 0 Å². The summed E-state index contributed by atoms with van der Waals surface area (Å²) >= 11 is 0. The lowest BCUT2D eigenvalue weighted by Crippen LogP contribution is -2.33. The molecule has 2 rings (SSSR count). The fourth-order valence-electron chi connectivity index (χ4n) is 2.49. The number of ketones is 1. The van der Waals surface area contributed by atoms with E-state index in [4.69, 9.17) is 0 Å². The van der Waals surface area contributed by atoms with Gasteiger partial charge in [0.15, 0.2) is 5.78 Å². The van der Waals surface area contributed by atoms with Crippen molar-refractivity contribution in [2.75, 3.05) is 27.2 Å². The molecule has 1 atom stereocenters. The highest BCUT2D eigenvalue weighted by atomic mass is 16.6. The summed E-state index contributed by atoms with van der Waals surface area (Å²) in [5, 5.41) is 13.9. The van der Waals surface area contributed by atoms with E-state index >= 15 is 0 Å². The summed E-state index contributed by atoms with van der Waals surface area (Å²) in [7, 11) is 3.98. The number of benzene rings is 2. The fourth-order valence-corrected chi connectivity index (χ4v) is 2.49. The van der Waals surface area contributed by atoms with E-state index in [1.54, 1.807) is 6.07 Å². The SMILES string of the molecule is CN(C)C(CNCC(=O)c1cccc([N+](=O)[O-])c1)c1ccccc1. The van der Waals surface area contributed by atoms with Gasteiger partial charge < -0.3 is 10.2 Å². The predicted molar refractivity (Wildman–Crippen MR) is 93.2 cm³/mol. The molecular weight excluding hydrogens is 306 g/mol. The lowest BCUT2D eigenvalue weighted by Gasteiger charge is -2.25. The number of carbonyl (C=O) groups excluding carboxylic acids is 1.